The maximum atomic E-state index is 10.2. The fraction of sp³-hybridized carbons (Fsp3) is 0.875. The van der Waals surface area contributed by atoms with E-state index in [1.165, 1.54) is 0 Å². The Morgan fingerprint density at radius 2 is 2.60 bits per heavy atom. The Labute approximate surface area is 61.6 Å². The molecule has 0 amide bonds. The molecule has 1 aliphatic rings. The predicted molar refractivity (Wildman–Crippen MR) is 38.8 cm³/mol. The highest BCUT2D eigenvalue weighted by molar-refractivity contribution is 5.52. The molecule has 0 aliphatic carbocycles. The standard InChI is InChI=1S/C8H14O2/c1-7(6-9)5-8-3-2-4-10-8/h6-8H,2-5H2,1H3/t7-,8+/m1/s1. The van der Waals surface area contributed by atoms with Crippen molar-refractivity contribution in [2.75, 3.05) is 6.61 Å². The van der Waals surface area contributed by atoms with E-state index in [0.29, 0.717) is 6.10 Å². The molecule has 10 heavy (non-hydrogen) atoms. The molecule has 58 valence electrons. The van der Waals surface area contributed by atoms with Crippen LogP contribution in [0, 0.1) is 5.92 Å². The summed E-state index contributed by atoms with van der Waals surface area (Å²) >= 11 is 0. The summed E-state index contributed by atoms with van der Waals surface area (Å²) in [6, 6.07) is 0. The normalized spacial score (nSPS) is 28.3. The summed E-state index contributed by atoms with van der Waals surface area (Å²) in [6.07, 6.45) is 4.57. The molecule has 0 N–H and O–H groups in total. The molecule has 1 saturated heterocycles. The number of rotatable bonds is 3. The zero-order valence-corrected chi connectivity index (χ0v) is 6.38. The first kappa shape index (κ1) is 7.73. The van der Waals surface area contributed by atoms with Gasteiger partial charge in [-0.15, -0.1) is 0 Å². The second kappa shape index (κ2) is 3.71. The fourth-order valence-corrected chi connectivity index (χ4v) is 1.30. The Bertz CT molecular complexity index is 106. The van der Waals surface area contributed by atoms with E-state index in [-0.39, 0.29) is 5.92 Å². The summed E-state index contributed by atoms with van der Waals surface area (Å²) in [7, 11) is 0. The molecular weight excluding hydrogens is 128 g/mol. The Morgan fingerprint density at radius 1 is 1.80 bits per heavy atom. The molecule has 0 aromatic heterocycles. The van der Waals surface area contributed by atoms with Crippen molar-refractivity contribution in [3.8, 4) is 0 Å². The summed E-state index contributed by atoms with van der Waals surface area (Å²) in [5, 5.41) is 0. The Balaban J connectivity index is 2.17. The summed E-state index contributed by atoms with van der Waals surface area (Å²) in [6.45, 7) is 2.82. The summed E-state index contributed by atoms with van der Waals surface area (Å²) in [5.74, 6) is 0.170. The number of carbonyl (C=O) groups excluding carboxylic acids is 1. The van der Waals surface area contributed by atoms with Crippen LogP contribution in [-0.2, 0) is 9.53 Å². The van der Waals surface area contributed by atoms with E-state index >= 15 is 0 Å². The van der Waals surface area contributed by atoms with Crippen LogP contribution in [0.15, 0.2) is 0 Å². The van der Waals surface area contributed by atoms with E-state index in [9.17, 15) is 4.79 Å². The van der Waals surface area contributed by atoms with Gasteiger partial charge in [0.05, 0.1) is 6.10 Å². The van der Waals surface area contributed by atoms with Gasteiger partial charge >= 0.3 is 0 Å². The summed E-state index contributed by atoms with van der Waals surface area (Å²) in [4.78, 5) is 10.2. The van der Waals surface area contributed by atoms with Gasteiger partial charge in [0.2, 0.25) is 0 Å². The summed E-state index contributed by atoms with van der Waals surface area (Å²) < 4.78 is 5.37. The van der Waals surface area contributed by atoms with Crippen molar-refractivity contribution in [2.45, 2.75) is 32.3 Å². The van der Waals surface area contributed by atoms with Crippen molar-refractivity contribution < 1.29 is 9.53 Å². The van der Waals surface area contributed by atoms with Crippen LogP contribution in [0.5, 0.6) is 0 Å². The number of hydrogen-bond donors (Lipinski definition) is 0. The van der Waals surface area contributed by atoms with E-state index in [1.54, 1.807) is 0 Å². The maximum Gasteiger partial charge on any atom is 0.122 e. The molecular formula is C8H14O2. The van der Waals surface area contributed by atoms with Crippen molar-refractivity contribution in [1.29, 1.82) is 0 Å². The zero-order chi connectivity index (χ0) is 7.40. The van der Waals surface area contributed by atoms with Gasteiger partial charge in [0.15, 0.2) is 0 Å². The van der Waals surface area contributed by atoms with E-state index in [0.717, 1.165) is 32.2 Å². The van der Waals surface area contributed by atoms with Gasteiger partial charge in [0.25, 0.3) is 0 Å². The minimum Gasteiger partial charge on any atom is -0.378 e. The number of ether oxygens (including phenoxy) is 1. The quantitative estimate of drug-likeness (QED) is 0.556. The SMILES string of the molecule is C[C@@H](C=O)C[C@@H]1CCCO1. The molecule has 0 radical (unpaired) electrons. The predicted octanol–water partition coefficient (Wildman–Crippen LogP) is 1.39. The largest absolute Gasteiger partial charge is 0.378 e. The van der Waals surface area contributed by atoms with E-state index in [1.807, 2.05) is 6.92 Å². The highest BCUT2D eigenvalue weighted by atomic mass is 16.5. The third kappa shape index (κ3) is 2.10. The lowest BCUT2D eigenvalue weighted by Gasteiger charge is -2.09. The molecule has 1 heterocycles. The van der Waals surface area contributed by atoms with Crippen molar-refractivity contribution in [2.24, 2.45) is 5.92 Å². The van der Waals surface area contributed by atoms with Crippen molar-refractivity contribution in [3.63, 3.8) is 0 Å². The molecule has 2 heteroatoms. The molecule has 2 atom stereocenters. The highest BCUT2D eigenvalue weighted by Gasteiger charge is 2.17. The minimum atomic E-state index is 0.170. The Morgan fingerprint density at radius 3 is 3.10 bits per heavy atom. The van der Waals surface area contributed by atoms with Crippen LogP contribution in [0.4, 0.5) is 0 Å². The topological polar surface area (TPSA) is 26.3 Å². The number of aldehydes is 1. The van der Waals surface area contributed by atoms with Gasteiger partial charge in [-0.1, -0.05) is 6.92 Å². The molecule has 0 aromatic rings. The Kier molecular flexibility index (Phi) is 2.87. The maximum absolute atomic E-state index is 10.2. The molecule has 2 nitrogen and oxygen atoms in total. The molecule has 1 aliphatic heterocycles. The Hall–Kier alpha value is -0.370. The number of carbonyl (C=O) groups is 1. The van der Waals surface area contributed by atoms with Gasteiger partial charge < -0.3 is 9.53 Å². The summed E-state index contributed by atoms with van der Waals surface area (Å²) in [5.41, 5.74) is 0. The smallest absolute Gasteiger partial charge is 0.122 e. The zero-order valence-electron chi connectivity index (χ0n) is 6.38. The lowest BCUT2D eigenvalue weighted by atomic mass is 10.0. The van der Waals surface area contributed by atoms with Crippen LogP contribution in [-0.4, -0.2) is 19.0 Å². The minimum absolute atomic E-state index is 0.170. The van der Waals surface area contributed by atoms with Crippen LogP contribution in [0.1, 0.15) is 26.2 Å². The van der Waals surface area contributed by atoms with Gasteiger partial charge in [-0.2, -0.15) is 0 Å². The van der Waals surface area contributed by atoms with Gasteiger partial charge in [-0.3, -0.25) is 0 Å². The molecule has 0 bridgehead atoms. The first-order valence-electron chi connectivity index (χ1n) is 3.90. The van der Waals surface area contributed by atoms with E-state index in [4.69, 9.17) is 4.74 Å². The van der Waals surface area contributed by atoms with Crippen molar-refractivity contribution in [1.82, 2.24) is 0 Å². The van der Waals surface area contributed by atoms with Crippen LogP contribution in [0.25, 0.3) is 0 Å². The van der Waals surface area contributed by atoms with Crippen LogP contribution < -0.4 is 0 Å². The fourth-order valence-electron chi connectivity index (χ4n) is 1.30. The molecule has 1 fully saturated rings. The van der Waals surface area contributed by atoms with Gasteiger partial charge in [0.1, 0.15) is 6.29 Å². The third-order valence-electron chi connectivity index (χ3n) is 1.89. The lowest BCUT2D eigenvalue weighted by Crippen LogP contribution is -2.10. The molecule has 0 aromatic carbocycles. The van der Waals surface area contributed by atoms with E-state index < -0.39 is 0 Å². The first-order valence-corrected chi connectivity index (χ1v) is 3.90. The van der Waals surface area contributed by atoms with Gasteiger partial charge in [0, 0.05) is 12.5 Å². The van der Waals surface area contributed by atoms with Crippen molar-refractivity contribution in [3.05, 3.63) is 0 Å². The molecule has 1 rings (SSSR count). The van der Waals surface area contributed by atoms with Gasteiger partial charge in [-0.05, 0) is 19.3 Å². The highest BCUT2D eigenvalue weighted by Crippen LogP contribution is 2.18. The second-order valence-electron chi connectivity index (χ2n) is 2.98. The third-order valence-corrected chi connectivity index (χ3v) is 1.89. The van der Waals surface area contributed by atoms with Gasteiger partial charge in [-0.25, -0.2) is 0 Å². The van der Waals surface area contributed by atoms with Crippen LogP contribution in [0.3, 0.4) is 0 Å². The van der Waals surface area contributed by atoms with Crippen LogP contribution in [0.2, 0.25) is 0 Å². The van der Waals surface area contributed by atoms with Crippen molar-refractivity contribution >= 4 is 6.29 Å². The monoisotopic (exact) mass is 142 g/mol. The molecule has 0 spiro atoms. The lowest BCUT2D eigenvalue weighted by molar-refractivity contribution is -0.111. The molecule has 0 saturated carbocycles. The average Bonchev–Trinajstić information content (AvgIpc) is 2.40. The van der Waals surface area contributed by atoms with E-state index in [2.05, 4.69) is 0 Å². The second-order valence-corrected chi connectivity index (χ2v) is 2.98. The molecule has 0 unspecified atom stereocenters. The average molecular weight is 142 g/mol. The van der Waals surface area contributed by atoms with Crippen LogP contribution >= 0.6 is 0 Å². The first-order chi connectivity index (χ1) is 4.83. The number of hydrogen-bond acceptors (Lipinski definition) is 2.